The topological polar surface area (TPSA) is 64.2 Å². The quantitative estimate of drug-likeness (QED) is 0.698. The Labute approximate surface area is 138 Å². The second kappa shape index (κ2) is 6.37. The van der Waals surface area contributed by atoms with Crippen LogP contribution in [-0.4, -0.2) is 91.3 Å². The van der Waals surface area contributed by atoms with E-state index < -0.39 is 0 Å². The SMILES string of the molecule is CC(C)C(=O)N1CCN(C(=O)N(C)C)C[C@]2(CC(=O)N(C)C2)C1. The van der Waals surface area contributed by atoms with Gasteiger partial charge in [-0.1, -0.05) is 13.8 Å². The van der Waals surface area contributed by atoms with Crippen LogP contribution < -0.4 is 0 Å². The Morgan fingerprint density at radius 1 is 1.09 bits per heavy atom. The van der Waals surface area contributed by atoms with Gasteiger partial charge in [0.15, 0.2) is 0 Å². The molecular weight excluding hydrogens is 296 g/mol. The molecule has 7 heteroatoms. The van der Waals surface area contributed by atoms with E-state index in [1.807, 2.05) is 18.7 Å². The van der Waals surface area contributed by atoms with Crippen molar-refractivity contribution in [3.8, 4) is 0 Å². The van der Waals surface area contributed by atoms with Crippen LogP contribution in [0, 0.1) is 11.3 Å². The van der Waals surface area contributed by atoms with Crippen molar-refractivity contribution in [3.05, 3.63) is 0 Å². The van der Waals surface area contributed by atoms with E-state index in [2.05, 4.69) is 0 Å². The Bertz CT molecular complexity index is 474. The third-order valence-corrected chi connectivity index (χ3v) is 4.68. The molecular formula is C16H28N4O3. The molecule has 0 aromatic heterocycles. The van der Waals surface area contributed by atoms with Gasteiger partial charge in [0, 0.05) is 71.6 Å². The van der Waals surface area contributed by atoms with Crippen molar-refractivity contribution >= 4 is 17.8 Å². The molecule has 0 bridgehead atoms. The number of carbonyl (C=O) groups excluding carboxylic acids is 3. The number of hydrogen-bond acceptors (Lipinski definition) is 3. The second-order valence-electron chi connectivity index (χ2n) is 7.44. The van der Waals surface area contributed by atoms with Crippen LogP contribution in [-0.2, 0) is 9.59 Å². The van der Waals surface area contributed by atoms with E-state index >= 15 is 0 Å². The number of urea groups is 1. The maximum Gasteiger partial charge on any atom is 0.319 e. The molecule has 0 unspecified atom stereocenters. The summed E-state index contributed by atoms with van der Waals surface area (Å²) in [5.74, 6) is 0.0876. The van der Waals surface area contributed by atoms with Gasteiger partial charge in [0.05, 0.1) is 0 Å². The fourth-order valence-corrected chi connectivity index (χ4v) is 3.57. The minimum absolute atomic E-state index is 0.0646. The van der Waals surface area contributed by atoms with Crippen molar-refractivity contribution in [2.24, 2.45) is 11.3 Å². The van der Waals surface area contributed by atoms with Crippen molar-refractivity contribution < 1.29 is 14.4 Å². The van der Waals surface area contributed by atoms with Crippen LogP contribution in [0.1, 0.15) is 20.3 Å². The summed E-state index contributed by atoms with van der Waals surface area (Å²) in [6, 6.07) is -0.0646. The summed E-state index contributed by atoms with van der Waals surface area (Å²) in [7, 11) is 5.24. The Kier molecular flexibility index (Phi) is 4.87. The molecule has 2 fully saturated rings. The largest absolute Gasteiger partial charge is 0.345 e. The highest BCUT2D eigenvalue weighted by atomic mass is 16.2. The zero-order valence-corrected chi connectivity index (χ0v) is 14.8. The maximum absolute atomic E-state index is 12.5. The van der Waals surface area contributed by atoms with Gasteiger partial charge in [0.2, 0.25) is 11.8 Å². The number of rotatable bonds is 1. The molecule has 1 atom stereocenters. The first-order chi connectivity index (χ1) is 10.6. The maximum atomic E-state index is 12.5. The van der Waals surface area contributed by atoms with Crippen LogP contribution in [0.2, 0.25) is 0 Å². The van der Waals surface area contributed by atoms with Crippen LogP contribution in [0.3, 0.4) is 0 Å². The number of hydrogen-bond donors (Lipinski definition) is 0. The molecule has 0 aromatic rings. The lowest BCUT2D eigenvalue weighted by atomic mass is 9.85. The zero-order chi connectivity index (χ0) is 17.4. The minimum atomic E-state index is -0.363. The molecule has 2 saturated heterocycles. The predicted molar refractivity (Wildman–Crippen MR) is 86.8 cm³/mol. The second-order valence-corrected chi connectivity index (χ2v) is 7.44. The van der Waals surface area contributed by atoms with Gasteiger partial charge in [0.1, 0.15) is 0 Å². The van der Waals surface area contributed by atoms with Gasteiger partial charge in [-0.15, -0.1) is 0 Å². The summed E-state index contributed by atoms with van der Waals surface area (Å²) < 4.78 is 0. The standard InChI is InChI=1S/C16H28N4O3/c1-12(2)14(22)19-6-7-20(15(23)17(3)4)11-16(10-19)8-13(21)18(5)9-16/h12H,6-11H2,1-5H3/t16-/m0/s1. The monoisotopic (exact) mass is 324 g/mol. The van der Waals surface area contributed by atoms with E-state index in [9.17, 15) is 14.4 Å². The molecule has 23 heavy (non-hydrogen) atoms. The fourth-order valence-electron chi connectivity index (χ4n) is 3.57. The van der Waals surface area contributed by atoms with Gasteiger partial charge >= 0.3 is 6.03 Å². The van der Waals surface area contributed by atoms with Crippen LogP contribution >= 0.6 is 0 Å². The molecule has 2 aliphatic rings. The summed E-state index contributed by atoms with van der Waals surface area (Å²) in [5.41, 5.74) is -0.363. The summed E-state index contributed by atoms with van der Waals surface area (Å²) >= 11 is 0. The highest BCUT2D eigenvalue weighted by molar-refractivity contribution is 5.81. The van der Waals surface area contributed by atoms with Crippen LogP contribution in [0.25, 0.3) is 0 Å². The van der Waals surface area contributed by atoms with E-state index in [-0.39, 0.29) is 29.2 Å². The van der Waals surface area contributed by atoms with Crippen molar-refractivity contribution in [1.82, 2.24) is 19.6 Å². The first-order valence-corrected chi connectivity index (χ1v) is 8.14. The number of amides is 4. The van der Waals surface area contributed by atoms with Gasteiger partial charge in [-0.25, -0.2) is 4.79 Å². The lowest BCUT2D eigenvalue weighted by Gasteiger charge is -2.34. The Morgan fingerprint density at radius 2 is 1.65 bits per heavy atom. The molecule has 130 valence electrons. The lowest BCUT2D eigenvalue weighted by molar-refractivity contribution is -0.135. The lowest BCUT2D eigenvalue weighted by Crippen LogP contribution is -2.47. The third-order valence-electron chi connectivity index (χ3n) is 4.68. The van der Waals surface area contributed by atoms with Crippen LogP contribution in [0.4, 0.5) is 4.79 Å². The van der Waals surface area contributed by atoms with Gasteiger partial charge in [-0.2, -0.15) is 0 Å². The average molecular weight is 324 g/mol. The smallest absolute Gasteiger partial charge is 0.319 e. The van der Waals surface area contributed by atoms with E-state index in [1.165, 1.54) is 0 Å². The zero-order valence-electron chi connectivity index (χ0n) is 14.8. The average Bonchev–Trinajstić information content (AvgIpc) is 2.64. The molecule has 2 rings (SSSR count). The predicted octanol–water partition coefficient (Wildman–Crippen LogP) is 0.317. The number of carbonyl (C=O) groups is 3. The normalized spacial score (nSPS) is 25.3. The molecule has 0 aromatic carbocycles. The number of likely N-dealkylation sites (tertiary alicyclic amines) is 1. The van der Waals surface area contributed by atoms with Crippen LogP contribution in [0.5, 0.6) is 0 Å². The number of nitrogens with zero attached hydrogens (tertiary/aromatic N) is 4. The molecule has 2 heterocycles. The summed E-state index contributed by atoms with van der Waals surface area (Å²) in [5, 5.41) is 0. The first-order valence-electron chi connectivity index (χ1n) is 8.14. The van der Waals surface area contributed by atoms with E-state index in [0.29, 0.717) is 39.1 Å². The molecule has 0 N–H and O–H groups in total. The minimum Gasteiger partial charge on any atom is -0.345 e. The van der Waals surface area contributed by atoms with E-state index in [4.69, 9.17) is 0 Å². The molecule has 0 radical (unpaired) electrons. The van der Waals surface area contributed by atoms with Gasteiger partial charge in [-0.3, -0.25) is 9.59 Å². The highest BCUT2D eigenvalue weighted by Crippen LogP contribution is 2.35. The fraction of sp³-hybridized carbons (Fsp3) is 0.812. The molecule has 2 aliphatic heterocycles. The van der Waals surface area contributed by atoms with Crippen molar-refractivity contribution in [2.75, 3.05) is 53.9 Å². The van der Waals surface area contributed by atoms with Crippen molar-refractivity contribution in [2.45, 2.75) is 20.3 Å². The summed E-state index contributed by atoms with van der Waals surface area (Å²) in [4.78, 5) is 43.9. The van der Waals surface area contributed by atoms with E-state index in [0.717, 1.165) is 0 Å². The Morgan fingerprint density at radius 3 is 2.13 bits per heavy atom. The van der Waals surface area contributed by atoms with Crippen molar-refractivity contribution in [3.63, 3.8) is 0 Å². The van der Waals surface area contributed by atoms with E-state index in [1.54, 1.807) is 35.8 Å². The van der Waals surface area contributed by atoms with Gasteiger partial charge in [0.25, 0.3) is 0 Å². The first kappa shape index (κ1) is 17.6. The summed E-state index contributed by atoms with van der Waals surface area (Å²) in [6.45, 7) is 6.44. The summed E-state index contributed by atoms with van der Waals surface area (Å²) in [6.07, 6.45) is 0.391. The van der Waals surface area contributed by atoms with Crippen molar-refractivity contribution in [1.29, 1.82) is 0 Å². The molecule has 0 saturated carbocycles. The van der Waals surface area contributed by atoms with Gasteiger partial charge in [-0.05, 0) is 0 Å². The molecule has 0 aliphatic carbocycles. The van der Waals surface area contributed by atoms with Crippen LogP contribution in [0.15, 0.2) is 0 Å². The Hall–Kier alpha value is -1.79. The molecule has 4 amide bonds. The molecule has 1 spiro atoms. The molecule has 7 nitrogen and oxygen atoms in total. The highest BCUT2D eigenvalue weighted by Gasteiger charge is 2.47. The third kappa shape index (κ3) is 3.59. The Balaban J connectivity index is 2.28. The van der Waals surface area contributed by atoms with Gasteiger partial charge < -0.3 is 19.6 Å².